The van der Waals surface area contributed by atoms with E-state index in [0.29, 0.717) is 6.04 Å². The molecule has 3 heteroatoms. The third-order valence-electron chi connectivity index (χ3n) is 2.98. The van der Waals surface area contributed by atoms with Crippen LogP contribution in [0.25, 0.3) is 0 Å². The molecule has 1 rings (SSSR count). The maximum atomic E-state index is 9.34. The monoisotopic (exact) mass is 187 g/mol. The van der Waals surface area contributed by atoms with Crippen molar-refractivity contribution in [3.8, 4) is 0 Å². The number of aliphatic hydroxyl groups excluding tert-OH is 2. The Balaban J connectivity index is 2.32. The zero-order valence-electron chi connectivity index (χ0n) is 8.45. The second-order valence-electron chi connectivity index (χ2n) is 3.81. The molecule has 0 amide bonds. The van der Waals surface area contributed by atoms with Gasteiger partial charge in [-0.15, -0.1) is 0 Å². The molecular weight excluding hydrogens is 166 g/mol. The molecule has 13 heavy (non-hydrogen) atoms. The minimum atomic E-state index is -0.0796. The van der Waals surface area contributed by atoms with Crippen molar-refractivity contribution in [1.82, 2.24) is 4.90 Å². The Bertz CT molecular complexity index is 133. The fourth-order valence-electron chi connectivity index (χ4n) is 2.15. The average molecular weight is 187 g/mol. The molecular formula is C10H21NO2. The van der Waals surface area contributed by atoms with E-state index in [1.54, 1.807) is 0 Å². The van der Waals surface area contributed by atoms with E-state index >= 15 is 0 Å². The molecule has 0 heterocycles. The van der Waals surface area contributed by atoms with E-state index in [4.69, 9.17) is 5.11 Å². The van der Waals surface area contributed by atoms with Gasteiger partial charge in [0.15, 0.2) is 0 Å². The molecule has 0 atom stereocenters. The molecule has 0 saturated heterocycles. The van der Waals surface area contributed by atoms with Gasteiger partial charge in [0, 0.05) is 12.6 Å². The highest BCUT2D eigenvalue weighted by Gasteiger charge is 2.23. The first-order chi connectivity index (χ1) is 6.27. The van der Waals surface area contributed by atoms with Crippen LogP contribution in [-0.4, -0.2) is 47.0 Å². The van der Waals surface area contributed by atoms with Crippen LogP contribution in [0.4, 0.5) is 0 Å². The predicted molar refractivity (Wildman–Crippen MR) is 52.6 cm³/mol. The maximum Gasteiger partial charge on any atom is 0.0558 e. The third-order valence-corrected chi connectivity index (χ3v) is 2.98. The Morgan fingerprint density at radius 3 is 2.31 bits per heavy atom. The second-order valence-corrected chi connectivity index (χ2v) is 3.81. The molecule has 0 unspecified atom stereocenters. The van der Waals surface area contributed by atoms with E-state index in [0.717, 1.165) is 38.8 Å². The molecule has 0 bridgehead atoms. The quantitative estimate of drug-likeness (QED) is 0.677. The number of hydrogen-bond acceptors (Lipinski definition) is 3. The minimum absolute atomic E-state index is 0.0796. The van der Waals surface area contributed by atoms with Gasteiger partial charge in [-0.1, -0.05) is 6.92 Å². The Labute approximate surface area is 80.4 Å². The average Bonchev–Trinajstić information content (AvgIpc) is 2.16. The van der Waals surface area contributed by atoms with Crippen molar-refractivity contribution in [2.75, 3.05) is 19.7 Å². The van der Waals surface area contributed by atoms with Gasteiger partial charge in [-0.25, -0.2) is 0 Å². The van der Waals surface area contributed by atoms with Crippen molar-refractivity contribution >= 4 is 0 Å². The first-order valence-corrected chi connectivity index (χ1v) is 5.31. The van der Waals surface area contributed by atoms with Crippen molar-refractivity contribution in [3.63, 3.8) is 0 Å². The highest BCUT2D eigenvalue weighted by Crippen LogP contribution is 2.22. The van der Waals surface area contributed by atoms with Gasteiger partial charge < -0.3 is 10.2 Å². The molecule has 1 aliphatic rings. The molecule has 1 fully saturated rings. The lowest BCUT2D eigenvalue weighted by atomic mass is 9.92. The van der Waals surface area contributed by atoms with E-state index in [1.807, 2.05) is 0 Å². The topological polar surface area (TPSA) is 43.7 Å². The molecule has 78 valence electrons. The van der Waals surface area contributed by atoms with Crippen molar-refractivity contribution in [2.45, 2.75) is 44.8 Å². The van der Waals surface area contributed by atoms with Crippen LogP contribution in [0.15, 0.2) is 0 Å². The van der Waals surface area contributed by atoms with Crippen LogP contribution in [0.2, 0.25) is 0 Å². The molecule has 0 aromatic heterocycles. The van der Waals surface area contributed by atoms with E-state index in [9.17, 15) is 5.11 Å². The lowest BCUT2D eigenvalue weighted by Gasteiger charge is -2.34. The van der Waals surface area contributed by atoms with Gasteiger partial charge >= 0.3 is 0 Å². The maximum absolute atomic E-state index is 9.34. The summed E-state index contributed by atoms with van der Waals surface area (Å²) in [5.41, 5.74) is 0. The molecule has 2 N–H and O–H groups in total. The Morgan fingerprint density at radius 1 is 1.23 bits per heavy atom. The van der Waals surface area contributed by atoms with Crippen LogP contribution in [0.3, 0.4) is 0 Å². The predicted octanol–water partition coefficient (Wildman–Crippen LogP) is 0.604. The highest BCUT2D eigenvalue weighted by molar-refractivity contribution is 4.78. The normalized spacial score (nSPS) is 29.5. The lowest BCUT2D eigenvalue weighted by molar-refractivity contribution is 0.0676. The molecule has 0 aliphatic heterocycles. The summed E-state index contributed by atoms with van der Waals surface area (Å²) in [6.45, 7) is 4.15. The number of nitrogens with zero attached hydrogens (tertiary/aromatic N) is 1. The fourth-order valence-corrected chi connectivity index (χ4v) is 2.15. The zero-order chi connectivity index (χ0) is 9.68. The molecule has 1 saturated carbocycles. The van der Waals surface area contributed by atoms with Gasteiger partial charge in [0.25, 0.3) is 0 Å². The molecule has 3 nitrogen and oxygen atoms in total. The van der Waals surface area contributed by atoms with E-state index < -0.39 is 0 Å². The summed E-state index contributed by atoms with van der Waals surface area (Å²) in [6, 6.07) is 0.584. The summed E-state index contributed by atoms with van der Waals surface area (Å²) in [5, 5.41) is 18.2. The summed E-state index contributed by atoms with van der Waals surface area (Å²) in [5.74, 6) is 0. The SMILES string of the molecule is CCN(CCO)[C@H]1CC[C@H](O)CC1. The number of rotatable bonds is 4. The Hall–Kier alpha value is -0.120. The number of aliphatic hydroxyl groups is 2. The molecule has 0 aromatic rings. The van der Waals surface area contributed by atoms with Gasteiger partial charge in [-0.2, -0.15) is 0 Å². The zero-order valence-corrected chi connectivity index (χ0v) is 8.45. The van der Waals surface area contributed by atoms with Gasteiger partial charge in [0.2, 0.25) is 0 Å². The Kier molecular flexibility index (Phi) is 4.70. The van der Waals surface area contributed by atoms with Crippen molar-refractivity contribution < 1.29 is 10.2 Å². The van der Waals surface area contributed by atoms with Crippen LogP contribution < -0.4 is 0 Å². The number of likely N-dealkylation sites (N-methyl/N-ethyl adjacent to an activating group) is 1. The summed E-state index contributed by atoms with van der Waals surface area (Å²) in [6.07, 6.45) is 3.92. The minimum Gasteiger partial charge on any atom is -0.395 e. The fraction of sp³-hybridized carbons (Fsp3) is 1.00. The van der Waals surface area contributed by atoms with Gasteiger partial charge in [0.05, 0.1) is 12.7 Å². The van der Waals surface area contributed by atoms with E-state index in [2.05, 4.69) is 11.8 Å². The standard InChI is InChI=1S/C10H21NO2/c1-2-11(7-8-12)9-3-5-10(13)6-4-9/h9-10,12-13H,2-8H2,1H3/t9-,10-. The summed E-state index contributed by atoms with van der Waals surface area (Å²) in [7, 11) is 0. The van der Waals surface area contributed by atoms with E-state index in [-0.39, 0.29) is 12.7 Å². The second kappa shape index (κ2) is 5.58. The van der Waals surface area contributed by atoms with Crippen LogP contribution >= 0.6 is 0 Å². The molecule has 0 aromatic carbocycles. The van der Waals surface area contributed by atoms with E-state index in [1.165, 1.54) is 0 Å². The van der Waals surface area contributed by atoms with Gasteiger partial charge in [0.1, 0.15) is 0 Å². The summed E-state index contributed by atoms with van der Waals surface area (Å²) >= 11 is 0. The van der Waals surface area contributed by atoms with Crippen LogP contribution in [0, 0.1) is 0 Å². The first-order valence-electron chi connectivity index (χ1n) is 5.31. The van der Waals surface area contributed by atoms with Crippen molar-refractivity contribution in [3.05, 3.63) is 0 Å². The summed E-state index contributed by atoms with van der Waals surface area (Å²) < 4.78 is 0. The molecule has 0 spiro atoms. The smallest absolute Gasteiger partial charge is 0.0558 e. The lowest BCUT2D eigenvalue weighted by Crippen LogP contribution is -2.40. The Morgan fingerprint density at radius 2 is 1.85 bits per heavy atom. The van der Waals surface area contributed by atoms with Gasteiger partial charge in [-0.05, 0) is 32.2 Å². The number of hydrogen-bond donors (Lipinski definition) is 2. The molecule has 1 aliphatic carbocycles. The van der Waals surface area contributed by atoms with Gasteiger partial charge in [-0.3, -0.25) is 4.90 Å². The summed E-state index contributed by atoms with van der Waals surface area (Å²) in [4.78, 5) is 2.31. The highest BCUT2D eigenvalue weighted by atomic mass is 16.3. The van der Waals surface area contributed by atoms with Crippen LogP contribution in [0.1, 0.15) is 32.6 Å². The third kappa shape index (κ3) is 3.25. The largest absolute Gasteiger partial charge is 0.395 e. The molecule has 0 radical (unpaired) electrons. The van der Waals surface area contributed by atoms with Crippen molar-refractivity contribution in [1.29, 1.82) is 0 Å². The van der Waals surface area contributed by atoms with Crippen LogP contribution in [0.5, 0.6) is 0 Å². The van der Waals surface area contributed by atoms with Crippen LogP contribution in [-0.2, 0) is 0 Å². The van der Waals surface area contributed by atoms with Crippen molar-refractivity contribution in [2.24, 2.45) is 0 Å². The first kappa shape index (κ1) is 11.0.